The molecular weight excluding hydrogens is 298 g/mol. The molecule has 2 atom stereocenters. The molecule has 2 N–H and O–H groups in total. The van der Waals surface area contributed by atoms with Crippen molar-refractivity contribution in [3.8, 4) is 5.75 Å². The molecule has 2 aromatic rings. The van der Waals surface area contributed by atoms with Crippen molar-refractivity contribution in [1.82, 2.24) is 5.32 Å². The zero-order chi connectivity index (χ0) is 15.9. The molecule has 22 heavy (non-hydrogen) atoms. The molecule has 5 heteroatoms. The summed E-state index contributed by atoms with van der Waals surface area (Å²) in [4.78, 5) is 0.815. The Morgan fingerprint density at radius 3 is 2.55 bits per heavy atom. The van der Waals surface area contributed by atoms with Crippen LogP contribution in [0.1, 0.15) is 17.2 Å². The second-order valence-corrected chi connectivity index (χ2v) is 6.37. The minimum absolute atomic E-state index is 0.00419. The maximum atomic E-state index is 11.4. The Labute approximate surface area is 133 Å². The summed E-state index contributed by atoms with van der Waals surface area (Å²) in [6, 6.07) is 15.1. The first-order valence-corrected chi connectivity index (χ1v) is 8.60. The van der Waals surface area contributed by atoms with Gasteiger partial charge in [0.15, 0.2) is 0 Å². The predicted molar refractivity (Wildman–Crippen MR) is 88.4 cm³/mol. The van der Waals surface area contributed by atoms with Gasteiger partial charge >= 0.3 is 0 Å². The lowest BCUT2D eigenvalue weighted by molar-refractivity contribution is 0.243. The molecular formula is C17H21NO3S. The Balaban J connectivity index is 2.02. The number of ether oxygens (including phenoxy) is 1. The summed E-state index contributed by atoms with van der Waals surface area (Å²) < 4.78 is 16.6. The topological polar surface area (TPSA) is 58.6 Å². The minimum atomic E-state index is -0.959. The lowest BCUT2D eigenvalue weighted by Gasteiger charge is -2.17. The third kappa shape index (κ3) is 4.40. The molecule has 0 fully saturated rings. The number of nitrogens with one attached hydrogen (secondary N) is 1. The van der Waals surface area contributed by atoms with Crippen molar-refractivity contribution in [3.63, 3.8) is 0 Å². The average molecular weight is 319 g/mol. The van der Waals surface area contributed by atoms with Crippen LogP contribution in [0.2, 0.25) is 0 Å². The summed E-state index contributed by atoms with van der Waals surface area (Å²) in [6.45, 7) is 0.628. The minimum Gasteiger partial charge on any atom is -0.497 e. The van der Waals surface area contributed by atoms with Crippen molar-refractivity contribution in [2.75, 3.05) is 20.0 Å². The van der Waals surface area contributed by atoms with Crippen molar-refractivity contribution in [2.24, 2.45) is 0 Å². The Morgan fingerprint density at radius 2 is 1.95 bits per heavy atom. The SMILES string of the molecule is COc1cccc(C(CO)NCc2ccc(S(C)=O)cc2)c1. The van der Waals surface area contributed by atoms with Gasteiger partial charge in [0.1, 0.15) is 5.75 Å². The van der Waals surface area contributed by atoms with E-state index >= 15 is 0 Å². The van der Waals surface area contributed by atoms with Gasteiger partial charge in [-0.25, -0.2) is 0 Å². The van der Waals surface area contributed by atoms with Gasteiger partial charge in [-0.2, -0.15) is 0 Å². The number of hydrogen-bond donors (Lipinski definition) is 2. The predicted octanol–water partition coefficient (Wildman–Crippen LogP) is 2.26. The van der Waals surface area contributed by atoms with Crippen molar-refractivity contribution < 1.29 is 14.1 Å². The molecule has 0 aliphatic heterocycles. The van der Waals surface area contributed by atoms with E-state index in [2.05, 4.69) is 5.32 Å². The van der Waals surface area contributed by atoms with Crippen molar-refractivity contribution in [1.29, 1.82) is 0 Å². The maximum absolute atomic E-state index is 11.4. The second kappa shape index (κ2) is 8.08. The van der Waals surface area contributed by atoms with Crippen LogP contribution in [0.25, 0.3) is 0 Å². The fourth-order valence-electron chi connectivity index (χ4n) is 2.19. The van der Waals surface area contributed by atoms with Gasteiger partial charge in [0.05, 0.1) is 19.8 Å². The van der Waals surface area contributed by atoms with Crippen LogP contribution in [-0.4, -0.2) is 29.3 Å². The molecule has 0 amide bonds. The zero-order valence-corrected chi connectivity index (χ0v) is 13.6. The van der Waals surface area contributed by atoms with Crippen LogP contribution in [0.15, 0.2) is 53.4 Å². The van der Waals surface area contributed by atoms with E-state index in [1.54, 1.807) is 13.4 Å². The molecule has 2 unspecified atom stereocenters. The molecule has 0 spiro atoms. The largest absolute Gasteiger partial charge is 0.497 e. The van der Waals surface area contributed by atoms with E-state index in [-0.39, 0.29) is 12.6 Å². The molecule has 2 rings (SSSR count). The first-order valence-electron chi connectivity index (χ1n) is 7.04. The van der Waals surface area contributed by atoms with Crippen molar-refractivity contribution in [3.05, 3.63) is 59.7 Å². The highest BCUT2D eigenvalue weighted by Gasteiger charge is 2.10. The average Bonchev–Trinajstić information content (AvgIpc) is 2.56. The zero-order valence-electron chi connectivity index (χ0n) is 12.8. The van der Waals surface area contributed by atoms with Gasteiger partial charge in [-0.05, 0) is 35.4 Å². The maximum Gasteiger partial charge on any atom is 0.119 e. The van der Waals surface area contributed by atoms with Gasteiger partial charge in [0.2, 0.25) is 0 Å². The van der Waals surface area contributed by atoms with E-state index in [0.717, 1.165) is 21.8 Å². The first kappa shape index (κ1) is 16.7. The molecule has 0 aliphatic carbocycles. The van der Waals surface area contributed by atoms with Crippen LogP contribution in [0.5, 0.6) is 5.75 Å². The normalized spacial score (nSPS) is 13.6. The first-order chi connectivity index (χ1) is 10.6. The highest BCUT2D eigenvalue weighted by atomic mass is 32.2. The summed E-state index contributed by atoms with van der Waals surface area (Å²) in [5, 5.41) is 12.9. The molecule has 0 saturated carbocycles. The van der Waals surface area contributed by atoms with Crippen LogP contribution in [0.3, 0.4) is 0 Å². The van der Waals surface area contributed by atoms with Crippen LogP contribution >= 0.6 is 0 Å². The van der Waals surface area contributed by atoms with Crippen LogP contribution in [0, 0.1) is 0 Å². The monoisotopic (exact) mass is 319 g/mol. The Morgan fingerprint density at radius 1 is 1.23 bits per heavy atom. The molecule has 0 bridgehead atoms. The fraction of sp³-hybridized carbons (Fsp3) is 0.294. The molecule has 0 saturated heterocycles. The van der Waals surface area contributed by atoms with Gasteiger partial charge in [-0.1, -0.05) is 24.3 Å². The van der Waals surface area contributed by atoms with Gasteiger partial charge in [-0.15, -0.1) is 0 Å². The summed E-state index contributed by atoms with van der Waals surface area (Å²) in [5.41, 5.74) is 2.06. The summed E-state index contributed by atoms with van der Waals surface area (Å²) in [7, 11) is 0.665. The third-order valence-electron chi connectivity index (χ3n) is 3.49. The number of aliphatic hydroxyl groups is 1. The number of hydrogen-bond acceptors (Lipinski definition) is 4. The van der Waals surface area contributed by atoms with E-state index < -0.39 is 10.8 Å². The highest BCUT2D eigenvalue weighted by molar-refractivity contribution is 7.84. The number of rotatable bonds is 7. The van der Waals surface area contributed by atoms with Gasteiger partial charge < -0.3 is 15.2 Å². The van der Waals surface area contributed by atoms with Crippen LogP contribution in [-0.2, 0) is 17.3 Å². The molecule has 0 aliphatic rings. The van der Waals surface area contributed by atoms with Crippen molar-refractivity contribution in [2.45, 2.75) is 17.5 Å². The lowest BCUT2D eigenvalue weighted by Crippen LogP contribution is -2.24. The van der Waals surface area contributed by atoms with E-state index in [1.807, 2.05) is 48.5 Å². The smallest absolute Gasteiger partial charge is 0.119 e. The quantitative estimate of drug-likeness (QED) is 0.822. The Bertz CT molecular complexity index is 628. The molecule has 0 radical (unpaired) electrons. The summed E-state index contributed by atoms with van der Waals surface area (Å²) in [6.07, 6.45) is 1.66. The summed E-state index contributed by atoms with van der Waals surface area (Å²) in [5.74, 6) is 0.771. The van der Waals surface area contributed by atoms with Gasteiger partial charge in [0.25, 0.3) is 0 Å². The van der Waals surface area contributed by atoms with Gasteiger partial charge in [-0.3, -0.25) is 4.21 Å². The number of benzene rings is 2. The fourth-order valence-corrected chi connectivity index (χ4v) is 2.71. The van der Waals surface area contributed by atoms with E-state index in [4.69, 9.17) is 4.74 Å². The van der Waals surface area contributed by atoms with E-state index in [0.29, 0.717) is 6.54 Å². The Kier molecular flexibility index (Phi) is 6.12. The lowest BCUT2D eigenvalue weighted by atomic mass is 10.1. The third-order valence-corrected chi connectivity index (χ3v) is 4.42. The van der Waals surface area contributed by atoms with E-state index in [1.165, 1.54) is 0 Å². The van der Waals surface area contributed by atoms with E-state index in [9.17, 15) is 9.32 Å². The number of methoxy groups -OCH3 is 1. The standard InChI is InChI=1S/C17H21NO3S/c1-21-15-5-3-4-14(10-15)17(12-19)18-11-13-6-8-16(9-7-13)22(2)20/h3-10,17-19H,11-12H2,1-2H3. The highest BCUT2D eigenvalue weighted by Crippen LogP contribution is 2.19. The summed E-state index contributed by atoms with van der Waals surface area (Å²) >= 11 is 0. The van der Waals surface area contributed by atoms with Gasteiger partial charge in [0, 0.05) is 28.5 Å². The molecule has 118 valence electrons. The molecule has 0 heterocycles. The Hall–Kier alpha value is -1.69. The molecule has 2 aromatic carbocycles. The van der Waals surface area contributed by atoms with Crippen LogP contribution in [0.4, 0.5) is 0 Å². The molecule has 0 aromatic heterocycles. The van der Waals surface area contributed by atoms with Crippen LogP contribution < -0.4 is 10.1 Å². The number of aliphatic hydroxyl groups excluding tert-OH is 1. The molecule has 4 nitrogen and oxygen atoms in total. The van der Waals surface area contributed by atoms with Crippen molar-refractivity contribution >= 4 is 10.8 Å². The second-order valence-electron chi connectivity index (χ2n) is 4.99.